The fraction of sp³-hybridized carbons (Fsp3) is 0.429. The molecule has 176 valence electrons. The summed E-state index contributed by atoms with van der Waals surface area (Å²) >= 11 is 6.48. The molecule has 2 heterocycles. The van der Waals surface area contributed by atoms with E-state index < -0.39 is 5.92 Å². The first-order chi connectivity index (χ1) is 16.0. The molecule has 2 aliphatic carbocycles. The van der Waals surface area contributed by atoms with Crippen molar-refractivity contribution >= 4 is 28.9 Å². The van der Waals surface area contributed by atoms with E-state index >= 15 is 0 Å². The SMILES string of the molecule is CC1(C)CC(=O)C2C(=NC3=C(C(=O)CC(C)(C)C3)C2c2ccc(Cl)c(Oc3ccncc3)c2)C1. The normalized spacial score (nSPS) is 25.4. The summed E-state index contributed by atoms with van der Waals surface area (Å²) in [5, 5.41) is 0.465. The van der Waals surface area contributed by atoms with Gasteiger partial charge in [-0.15, -0.1) is 0 Å². The molecule has 1 aliphatic heterocycles. The van der Waals surface area contributed by atoms with E-state index in [0.717, 1.165) is 29.8 Å². The molecule has 1 saturated carbocycles. The molecular formula is C28H29ClN2O3. The number of pyridine rings is 1. The van der Waals surface area contributed by atoms with Crippen LogP contribution in [0.5, 0.6) is 11.5 Å². The Labute approximate surface area is 205 Å². The maximum Gasteiger partial charge on any atom is 0.161 e. The number of ketones is 2. The third-order valence-corrected chi connectivity index (χ3v) is 7.34. The van der Waals surface area contributed by atoms with Gasteiger partial charge in [0, 0.05) is 48.1 Å². The van der Waals surface area contributed by atoms with E-state index in [1.165, 1.54) is 0 Å². The van der Waals surface area contributed by atoms with Gasteiger partial charge in [-0.2, -0.15) is 0 Å². The van der Waals surface area contributed by atoms with Crippen LogP contribution in [-0.2, 0) is 9.59 Å². The van der Waals surface area contributed by atoms with Crippen molar-refractivity contribution < 1.29 is 14.3 Å². The van der Waals surface area contributed by atoms with E-state index in [4.69, 9.17) is 21.3 Å². The number of allylic oxidation sites excluding steroid dienone is 2. The van der Waals surface area contributed by atoms with Gasteiger partial charge in [0.05, 0.1) is 10.9 Å². The highest BCUT2D eigenvalue weighted by molar-refractivity contribution is 6.32. The number of hydrogen-bond acceptors (Lipinski definition) is 5. The van der Waals surface area contributed by atoms with Gasteiger partial charge in [-0.05, 0) is 53.5 Å². The summed E-state index contributed by atoms with van der Waals surface area (Å²) in [4.78, 5) is 36.0. The number of rotatable bonds is 3. The van der Waals surface area contributed by atoms with Crippen LogP contribution in [0.1, 0.15) is 64.9 Å². The number of hydrogen-bond donors (Lipinski definition) is 0. The summed E-state index contributed by atoms with van der Waals surface area (Å²) in [7, 11) is 0. The summed E-state index contributed by atoms with van der Waals surface area (Å²) in [6.07, 6.45) is 5.71. The van der Waals surface area contributed by atoms with Crippen LogP contribution < -0.4 is 4.74 Å². The Morgan fingerprint density at radius 3 is 2.35 bits per heavy atom. The molecule has 0 bridgehead atoms. The van der Waals surface area contributed by atoms with Crippen LogP contribution in [0.25, 0.3) is 0 Å². The average Bonchev–Trinajstić information content (AvgIpc) is 2.73. The molecule has 2 aromatic rings. The number of aliphatic imine (C=N–C) groups is 1. The smallest absolute Gasteiger partial charge is 0.161 e. The van der Waals surface area contributed by atoms with Gasteiger partial charge in [0.25, 0.3) is 0 Å². The number of halogens is 1. The molecule has 5 rings (SSSR count). The third-order valence-electron chi connectivity index (χ3n) is 7.03. The van der Waals surface area contributed by atoms with Crippen LogP contribution in [0.4, 0.5) is 0 Å². The second kappa shape index (κ2) is 8.16. The van der Waals surface area contributed by atoms with Crippen LogP contribution in [-0.4, -0.2) is 22.3 Å². The van der Waals surface area contributed by atoms with Crippen molar-refractivity contribution in [2.24, 2.45) is 21.7 Å². The lowest BCUT2D eigenvalue weighted by Crippen LogP contribution is -2.45. The van der Waals surface area contributed by atoms with Crippen LogP contribution in [0, 0.1) is 16.7 Å². The van der Waals surface area contributed by atoms with Crippen LogP contribution >= 0.6 is 11.6 Å². The van der Waals surface area contributed by atoms with Crippen molar-refractivity contribution in [3.8, 4) is 11.5 Å². The number of carbonyl (C=O) groups excluding carboxylic acids is 2. The van der Waals surface area contributed by atoms with E-state index in [1.807, 2.05) is 12.1 Å². The predicted molar refractivity (Wildman–Crippen MR) is 132 cm³/mol. The maximum atomic E-state index is 13.5. The summed E-state index contributed by atoms with van der Waals surface area (Å²) in [6.45, 7) is 8.44. The van der Waals surface area contributed by atoms with Crippen LogP contribution in [0.3, 0.4) is 0 Å². The van der Waals surface area contributed by atoms with Gasteiger partial charge >= 0.3 is 0 Å². The van der Waals surface area contributed by atoms with Crippen molar-refractivity contribution in [1.82, 2.24) is 4.98 Å². The Kier molecular flexibility index (Phi) is 5.51. The van der Waals surface area contributed by atoms with Gasteiger partial charge in [-0.1, -0.05) is 45.4 Å². The van der Waals surface area contributed by atoms with Crippen molar-refractivity contribution in [3.63, 3.8) is 0 Å². The van der Waals surface area contributed by atoms with E-state index in [-0.39, 0.29) is 28.3 Å². The molecule has 1 aromatic heterocycles. The molecule has 0 saturated heterocycles. The first-order valence-corrected chi connectivity index (χ1v) is 12.1. The topological polar surface area (TPSA) is 68.6 Å². The van der Waals surface area contributed by atoms with E-state index in [1.54, 1.807) is 30.6 Å². The average molecular weight is 477 g/mol. The van der Waals surface area contributed by atoms with Gasteiger partial charge < -0.3 is 4.74 Å². The number of carbonyl (C=O) groups is 2. The third kappa shape index (κ3) is 4.22. The Bertz CT molecular complexity index is 1240. The van der Waals surface area contributed by atoms with Crippen molar-refractivity contribution in [3.05, 3.63) is 64.6 Å². The fourth-order valence-corrected chi connectivity index (χ4v) is 5.85. The largest absolute Gasteiger partial charge is 0.456 e. The molecule has 2 unspecified atom stereocenters. The number of Topliss-reactive ketones (excluding diaryl/α,β-unsaturated/α-hetero) is 2. The number of nitrogens with zero attached hydrogens (tertiary/aromatic N) is 2. The van der Waals surface area contributed by atoms with Crippen molar-refractivity contribution in [2.45, 2.75) is 59.3 Å². The lowest BCUT2D eigenvalue weighted by Gasteiger charge is -2.44. The standard InChI is InChI=1S/C28H29ClN2O3/c1-27(2)12-19-25(21(32)14-27)24(26-20(31-19)13-28(3,4)15-22(26)33)16-5-6-18(29)23(11-16)34-17-7-9-30-10-8-17/h5-11,24-25H,12-15H2,1-4H3. The Balaban J connectivity index is 1.64. The second-order valence-electron chi connectivity index (χ2n) is 11.3. The zero-order valence-corrected chi connectivity index (χ0v) is 20.8. The monoisotopic (exact) mass is 476 g/mol. The lowest BCUT2D eigenvalue weighted by molar-refractivity contribution is -0.124. The summed E-state index contributed by atoms with van der Waals surface area (Å²) in [5.41, 5.74) is 3.01. The molecule has 0 amide bonds. The molecule has 1 aromatic carbocycles. The molecule has 1 fully saturated rings. The summed E-state index contributed by atoms with van der Waals surface area (Å²) in [6, 6.07) is 9.09. The van der Waals surface area contributed by atoms with Gasteiger partial charge in [0.1, 0.15) is 17.3 Å². The lowest BCUT2D eigenvalue weighted by atomic mass is 9.60. The highest BCUT2D eigenvalue weighted by Gasteiger charge is 2.49. The van der Waals surface area contributed by atoms with Crippen LogP contribution in [0.2, 0.25) is 5.02 Å². The first kappa shape index (κ1) is 23.0. The maximum absolute atomic E-state index is 13.5. The second-order valence-corrected chi connectivity index (χ2v) is 11.7. The molecule has 0 spiro atoms. The number of benzene rings is 1. The zero-order chi connectivity index (χ0) is 24.3. The van der Waals surface area contributed by atoms with Crippen LogP contribution in [0.15, 0.2) is 59.0 Å². The minimum atomic E-state index is -0.424. The first-order valence-electron chi connectivity index (χ1n) is 11.8. The summed E-state index contributed by atoms with van der Waals surface area (Å²) < 4.78 is 6.04. The Morgan fingerprint density at radius 1 is 0.912 bits per heavy atom. The molecule has 2 atom stereocenters. The minimum absolute atomic E-state index is 0.0863. The van der Waals surface area contributed by atoms with E-state index in [2.05, 4.69) is 32.7 Å². The molecule has 0 N–H and O–H groups in total. The van der Waals surface area contributed by atoms with Crippen molar-refractivity contribution in [1.29, 1.82) is 0 Å². The van der Waals surface area contributed by atoms with E-state index in [9.17, 15) is 9.59 Å². The van der Waals surface area contributed by atoms with Gasteiger partial charge in [-0.3, -0.25) is 19.6 Å². The van der Waals surface area contributed by atoms with Crippen molar-refractivity contribution in [2.75, 3.05) is 0 Å². The zero-order valence-electron chi connectivity index (χ0n) is 20.0. The number of aromatic nitrogens is 1. The van der Waals surface area contributed by atoms with Gasteiger partial charge in [0.15, 0.2) is 5.78 Å². The predicted octanol–water partition coefficient (Wildman–Crippen LogP) is 6.71. The molecule has 5 nitrogen and oxygen atoms in total. The summed E-state index contributed by atoms with van der Waals surface area (Å²) in [5.74, 6) is 0.548. The fourth-order valence-electron chi connectivity index (χ4n) is 5.70. The van der Waals surface area contributed by atoms with Gasteiger partial charge in [-0.25, -0.2) is 0 Å². The molecule has 6 heteroatoms. The van der Waals surface area contributed by atoms with E-state index in [0.29, 0.717) is 34.9 Å². The van der Waals surface area contributed by atoms with Gasteiger partial charge in [0.2, 0.25) is 0 Å². The minimum Gasteiger partial charge on any atom is -0.456 e. The number of fused-ring (bicyclic) bond motifs is 1. The highest BCUT2D eigenvalue weighted by atomic mass is 35.5. The molecular weight excluding hydrogens is 448 g/mol. The molecule has 34 heavy (non-hydrogen) atoms. The molecule has 3 aliphatic rings. The Morgan fingerprint density at radius 2 is 1.62 bits per heavy atom. The number of ether oxygens (including phenoxy) is 1. The Hall–Kier alpha value is -2.79. The quantitative estimate of drug-likeness (QED) is 0.493. The highest BCUT2D eigenvalue weighted by Crippen LogP contribution is 2.52. The molecule has 0 radical (unpaired) electrons.